The molecule has 0 spiro atoms. The number of nitrogens with two attached hydrogens (primary N) is 2. The van der Waals surface area contributed by atoms with Gasteiger partial charge in [0.2, 0.25) is 76.8 Å². The van der Waals surface area contributed by atoms with Crippen LogP contribution in [0.15, 0.2) is 128 Å². The molecule has 38 heteroatoms. The van der Waals surface area contributed by atoms with Gasteiger partial charge in [-0.25, -0.2) is 4.98 Å². The molecule has 112 heavy (non-hydrogen) atoms. The van der Waals surface area contributed by atoms with Gasteiger partial charge in [-0.15, -0.1) is 0 Å². The van der Waals surface area contributed by atoms with E-state index in [0.29, 0.717) is 56.2 Å². The molecule has 23 N–H and O–H groups in total. The normalized spacial score (nSPS) is 14.7. The van der Waals surface area contributed by atoms with Crippen molar-refractivity contribution >= 4 is 130 Å². The number of para-hydroxylation sites is 2. The molecule has 600 valence electrons. The van der Waals surface area contributed by atoms with Crippen molar-refractivity contribution in [3.05, 3.63) is 156 Å². The Kier molecular flexibility index (Phi) is 33.5. The summed E-state index contributed by atoms with van der Waals surface area (Å²) in [5, 5.41) is 73.3. The summed E-state index contributed by atoms with van der Waals surface area (Å²) < 4.78 is 0. The van der Waals surface area contributed by atoms with Gasteiger partial charge in [-0.2, -0.15) is 25.3 Å². The highest BCUT2D eigenvalue weighted by atomic mass is 32.1. The Morgan fingerprint density at radius 3 is 1.33 bits per heavy atom. The van der Waals surface area contributed by atoms with E-state index in [2.05, 4.69) is 109 Å². The number of nitrogens with one attached hydrogen (secondary N) is 15. The number of phenolic OH excluding ortho intramolecular Hbond substituents is 1. The van der Waals surface area contributed by atoms with Crippen LogP contribution in [0.25, 0.3) is 21.8 Å². The van der Waals surface area contributed by atoms with Crippen LogP contribution in [0.2, 0.25) is 0 Å². The Bertz CT molecular complexity index is 4430. The molecule has 3 heterocycles. The lowest BCUT2D eigenvalue weighted by atomic mass is 10.0. The van der Waals surface area contributed by atoms with Crippen molar-refractivity contribution in [3.63, 3.8) is 0 Å². The number of benzene rings is 4. The lowest BCUT2D eigenvalue weighted by Gasteiger charge is -2.29. The number of carboxylic acids is 1. The second kappa shape index (κ2) is 42.9. The van der Waals surface area contributed by atoms with Crippen LogP contribution in [0.5, 0.6) is 5.75 Å². The highest BCUT2D eigenvalue weighted by molar-refractivity contribution is 7.80. The molecule has 4 aromatic carbocycles. The zero-order chi connectivity index (χ0) is 81.7. The van der Waals surface area contributed by atoms with Crippen LogP contribution in [0.4, 0.5) is 0 Å². The lowest BCUT2D eigenvalue weighted by Crippen LogP contribution is -2.62. The van der Waals surface area contributed by atoms with Gasteiger partial charge >= 0.3 is 5.97 Å². The molecule has 0 saturated heterocycles. The number of hydrogen-bond acceptors (Lipinski definition) is 21. The molecule has 0 bridgehead atoms. The van der Waals surface area contributed by atoms with Crippen LogP contribution in [0.1, 0.15) is 74.4 Å². The van der Waals surface area contributed by atoms with Crippen LogP contribution in [-0.4, -0.2) is 226 Å². The second-order valence-electron chi connectivity index (χ2n) is 26.6. The molecular formula is C74H94N18O18S2. The first-order valence-corrected chi connectivity index (χ1v) is 37.0. The van der Waals surface area contributed by atoms with Crippen molar-refractivity contribution in [3.8, 4) is 5.75 Å². The molecule has 0 aliphatic rings. The van der Waals surface area contributed by atoms with Gasteiger partial charge in [0.05, 0.1) is 31.5 Å². The number of aromatic nitrogens is 4. The zero-order valence-electron chi connectivity index (χ0n) is 61.3. The van der Waals surface area contributed by atoms with Crippen LogP contribution in [-0.2, 0) is 99.2 Å². The number of aromatic amines is 3. The number of aliphatic hydroxyl groups is 2. The number of hydrogen-bond donors (Lipinski definition) is 23. The number of primary amides is 1. The fraction of sp³-hybridized carbons (Fsp3) is 0.392. The van der Waals surface area contributed by atoms with Gasteiger partial charge in [0.15, 0.2) is 0 Å². The van der Waals surface area contributed by atoms with E-state index in [1.807, 2.05) is 0 Å². The average Bonchev–Trinajstić information content (AvgIpc) is 1.64. The van der Waals surface area contributed by atoms with E-state index >= 15 is 9.59 Å². The largest absolute Gasteiger partial charge is 0.508 e. The minimum Gasteiger partial charge on any atom is -0.508 e. The van der Waals surface area contributed by atoms with Gasteiger partial charge in [0.25, 0.3) is 0 Å². The molecule has 0 aliphatic carbocycles. The molecule has 0 aliphatic heterocycles. The summed E-state index contributed by atoms with van der Waals surface area (Å²) in [4.78, 5) is 208. The van der Waals surface area contributed by atoms with Gasteiger partial charge < -0.3 is 111 Å². The number of H-pyrrole nitrogens is 3. The minimum atomic E-state index is -1.99. The number of unbranched alkanes of at least 4 members (excludes halogenated alkanes) is 1. The fourth-order valence-corrected chi connectivity index (χ4v) is 12.5. The van der Waals surface area contributed by atoms with Gasteiger partial charge in [-0.1, -0.05) is 78.9 Å². The Morgan fingerprint density at radius 1 is 0.455 bits per heavy atom. The second-order valence-corrected chi connectivity index (χ2v) is 27.3. The smallest absolute Gasteiger partial charge is 0.305 e. The molecule has 13 atom stereocenters. The van der Waals surface area contributed by atoms with E-state index < -0.39 is 180 Å². The third kappa shape index (κ3) is 26.4. The maximum atomic E-state index is 15.2. The Labute approximate surface area is 653 Å². The van der Waals surface area contributed by atoms with Crippen molar-refractivity contribution in [2.24, 2.45) is 11.5 Å². The predicted octanol–water partition coefficient (Wildman–Crippen LogP) is -3.23. The third-order valence-electron chi connectivity index (χ3n) is 17.8. The van der Waals surface area contributed by atoms with E-state index in [4.69, 9.17) is 11.5 Å². The summed E-state index contributed by atoms with van der Waals surface area (Å²) in [6.45, 7) is 2.99. The summed E-state index contributed by atoms with van der Waals surface area (Å²) in [6.07, 6.45) is 0.340. The number of phenols is 1. The van der Waals surface area contributed by atoms with Crippen LogP contribution in [0, 0.1) is 0 Å². The SMILES string of the molecule is CC(=O)N[C@@H](CS)C(=O)N[C@H](C(=O)N[C@@H](CC(=O)O)C(=O)N[C@@H](Cc1c[nH]c2ccccc12)C(=O)N[C@@H](CCCCN)C(=O)N[C@@H](CS)C(=O)N[C@@H](Cc1ccc(O)cc1)C(=O)N[C@@H](Cc1c[nH]c2ccccc12)C(=O)N[C@@H](Cc1cnc[nH]1)C(=O)N[C@H](C(=O)N[C@@H](Cc1ccccc1)C(=O)NCC(N)=O)[C@@H](C)O)[C@@H](C)O. The van der Waals surface area contributed by atoms with E-state index in [0.717, 1.165) is 13.8 Å². The van der Waals surface area contributed by atoms with Crippen molar-refractivity contribution < 1.29 is 87.5 Å². The molecule has 0 unspecified atom stereocenters. The maximum Gasteiger partial charge on any atom is 0.305 e. The molecule has 7 aromatic rings. The number of aliphatic carboxylic acids is 1. The molecule has 0 saturated carbocycles. The van der Waals surface area contributed by atoms with Gasteiger partial charge in [-0.3, -0.25) is 67.1 Å². The first-order chi connectivity index (χ1) is 53.4. The van der Waals surface area contributed by atoms with Crippen molar-refractivity contribution in [1.29, 1.82) is 0 Å². The van der Waals surface area contributed by atoms with Crippen LogP contribution >= 0.6 is 25.3 Å². The number of carboxylic acid groups (broad SMARTS) is 1. The highest BCUT2D eigenvalue weighted by Gasteiger charge is 2.39. The quantitative estimate of drug-likeness (QED) is 0.0132. The zero-order valence-corrected chi connectivity index (χ0v) is 63.1. The molecular weight excluding hydrogens is 1490 g/mol. The van der Waals surface area contributed by atoms with Crippen LogP contribution < -0.4 is 75.3 Å². The van der Waals surface area contributed by atoms with Gasteiger partial charge in [0.1, 0.15) is 72.2 Å². The van der Waals surface area contributed by atoms with E-state index in [9.17, 15) is 78.0 Å². The van der Waals surface area contributed by atoms with Gasteiger partial charge in [0, 0.05) is 96.6 Å². The monoisotopic (exact) mass is 1590 g/mol. The van der Waals surface area contributed by atoms with Crippen molar-refractivity contribution in [2.75, 3.05) is 24.6 Å². The molecule has 36 nitrogen and oxygen atoms in total. The number of thiol groups is 2. The number of carbonyl (C=O) groups is 14. The Balaban J connectivity index is 1.15. The standard InChI is InChI=1S/C74H94N18O18S2/c1-38(93)62(73(109)88-52(64(100)80-34-60(76)97)25-41-13-5-4-6-14-41)91-70(106)56(29-45-33-77-37-81-45)87-68(104)55(28-44-32-79-50-18-10-8-16-48(44)50)85-66(102)53(26-42-20-22-46(96)23-21-42)84-71(107)59(36-112)90-65(101)51(19-11-12-24-75)83-67(103)54(27-43-31-78-49-17-9-7-15-47(43)49)86-69(105)57(30-61(98)99)89-74(110)63(39(2)94)92-72(108)58(35-111)82-40(3)95/h4-10,13-18,20-23,31-33,37-39,51-59,62-63,78-79,93-94,96,111-112H,11-12,19,24-30,34-36,75H2,1-3H3,(H2,76,97)(H,77,81)(H,80,100)(H,82,95)(H,83,103)(H,84,107)(H,85,102)(H,86,105)(H,87,104)(H,88,109)(H,89,110)(H,90,101)(H,91,106)(H,92,108)(H,98,99)/t38-,39-,51+,52+,53+,54+,55+,56+,57+,58+,59+,62+,63+/m1/s1. The van der Waals surface area contributed by atoms with E-state index in [1.165, 1.54) is 43.7 Å². The highest BCUT2D eigenvalue weighted by Crippen LogP contribution is 2.23. The Hall–Kier alpha value is -11.9. The average molecular weight is 1590 g/mol. The number of aromatic hydroxyl groups is 1. The number of amides is 13. The predicted molar refractivity (Wildman–Crippen MR) is 414 cm³/mol. The molecule has 13 amide bonds. The number of nitrogens with zero attached hydrogens (tertiary/aromatic N) is 1. The van der Waals surface area contributed by atoms with E-state index in [-0.39, 0.29) is 63.0 Å². The van der Waals surface area contributed by atoms with Crippen molar-refractivity contribution in [2.45, 2.75) is 157 Å². The fourth-order valence-electron chi connectivity index (χ4n) is 12.0. The Morgan fingerprint density at radius 2 is 0.857 bits per heavy atom. The van der Waals surface area contributed by atoms with E-state index in [1.54, 1.807) is 91.3 Å². The molecule has 3 aromatic heterocycles. The first-order valence-electron chi connectivity index (χ1n) is 35.7. The number of rotatable bonds is 44. The number of aliphatic hydroxyl groups excluding tert-OH is 2. The summed E-state index contributed by atoms with van der Waals surface area (Å²) in [6, 6.07) is 9.88. The number of imidazole rings is 1. The minimum absolute atomic E-state index is 0.107. The van der Waals surface area contributed by atoms with Crippen LogP contribution in [0.3, 0.4) is 0 Å². The third-order valence-corrected chi connectivity index (χ3v) is 18.6. The molecule has 0 radical (unpaired) electrons. The summed E-state index contributed by atoms with van der Waals surface area (Å²) in [5.41, 5.74) is 14.6. The molecule has 7 rings (SSSR count). The topological polar surface area (TPSA) is 577 Å². The first kappa shape index (κ1) is 87.4. The summed E-state index contributed by atoms with van der Waals surface area (Å²) >= 11 is 8.48. The summed E-state index contributed by atoms with van der Waals surface area (Å²) in [5.74, 6) is -15.4. The van der Waals surface area contributed by atoms with Gasteiger partial charge in [-0.05, 0) is 86.2 Å². The lowest BCUT2D eigenvalue weighted by molar-refractivity contribution is -0.142. The number of carbonyl (C=O) groups excluding carboxylic acids is 13. The summed E-state index contributed by atoms with van der Waals surface area (Å²) in [7, 11) is 0. The number of fused-ring (bicyclic) bond motifs is 2. The maximum absolute atomic E-state index is 15.2. The van der Waals surface area contributed by atoms with Crippen molar-refractivity contribution in [1.82, 2.24) is 83.7 Å². The molecule has 0 fully saturated rings.